The first-order valence-corrected chi connectivity index (χ1v) is 8.75. The lowest BCUT2D eigenvalue weighted by atomic mass is 9.98. The van der Waals surface area contributed by atoms with Gasteiger partial charge in [0.05, 0.1) is 18.2 Å². The van der Waals surface area contributed by atoms with E-state index in [1.807, 2.05) is 0 Å². The molecule has 2 heterocycles. The number of nitrogens with one attached hydrogen (secondary N) is 1. The van der Waals surface area contributed by atoms with Crippen LogP contribution in [0, 0.1) is 5.92 Å². The Balaban J connectivity index is 1.99. The van der Waals surface area contributed by atoms with Crippen LogP contribution in [0.5, 0.6) is 0 Å². The number of nitrogens with zero attached hydrogens (tertiary/aromatic N) is 2. The Morgan fingerprint density at radius 2 is 1.82 bits per heavy atom. The summed E-state index contributed by atoms with van der Waals surface area (Å²) in [7, 11) is 2.13. The van der Waals surface area contributed by atoms with Crippen LogP contribution in [0.1, 0.15) is 40.5 Å². The highest BCUT2D eigenvalue weighted by Gasteiger charge is 2.35. The van der Waals surface area contributed by atoms with Crippen molar-refractivity contribution in [3.63, 3.8) is 0 Å². The lowest BCUT2D eigenvalue weighted by Gasteiger charge is -2.41. The molecule has 2 saturated heterocycles. The maximum atomic E-state index is 12.9. The van der Waals surface area contributed by atoms with Crippen LogP contribution in [0.3, 0.4) is 0 Å². The van der Waals surface area contributed by atoms with Gasteiger partial charge in [-0.3, -0.25) is 9.69 Å². The number of carbonyl (C=O) groups is 1. The Bertz CT molecular complexity index is 365. The maximum absolute atomic E-state index is 12.9. The van der Waals surface area contributed by atoms with Crippen LogP contribution < -0.4 is 5.32 Å². The monoisotopic (exact) mass is 311 g/mol. The number of morpholine rings is 1. The predicted molar refractivity (Wildman–Crippen MR) is 88.9 cm³/mol. The molecule has 0 bridgehead atoms. The lowest BCUT2D eigenvalue weighted by Crippen LogP contribution is -2.59. The molecule has 128 valence electrons. The van der Waals surface area contributed by atoms with Gasteiger partial charge in [0.1, 0.15) is 0 Å². The smallest absolute Gasteiger partial charge is 0.237 e. The highest BCUT2D eigenvalue weighted by molar-refractivity contribution is 5.82. The minimum Gasteiger partial charge on any atom is -0.373 e. The summed E-state index contributed by atoms with van der Waals surface area (Å²) in [6.07, 6.45) is 2.65. The van der Waals surface area contributed by atoms with E-state index in [0.29, 0.717) is 12.0 Å². The molecule has 0 spiro atoms. The van der Waals surface area contributed by atoms with Crippen LogP contribution in [-0.4, -0.2) is 73.2 Å². The van der Waals surface area contributed by atoms with Crippen molar-refractivity contribution >= 4 is 5.91 Å². The van der Waals surface area contributed by atoms with Crippen LogP contribution in [0.2, 0.25) is 0 Å². The van der Waals surface area contributed by atoms with Gasteiger partial charge in [0.25, 0.3) is 0 Å². The van der Waals surface area contributed by atoms with E-state index in [9.17, 15) is 4.79 Å². The molecule has 0 aromatic carbocycles. The Hall–Kier alpha value is -0.650. The number of piperidine rings is 1. The van der Waals surface area contributed by atoms with Crippen molar-refractivity contribution in [1.29, 1.82) is 0 Å². The molecular weight excluding hydrogens is 278 g/mol. The number of hydrogen-bond donors (Lipinski definition) is 1. The second kappa shape index (κ2) is 7.75. The number of hydrogen-bond acceptors (Lipinski definition) is 4. The number of likely N-dealkylation sites (tertiary alicyclic amines) is 1. The van der Waals surface area contributed by atoms with Crippen molar-refractivity contribution in [3.05, 3.63) is 0 Å². The second-order valence-electron chi connectivity index (χ2n) is 7.51. The fourth-order valence-electron chi connectivity index (χ4n) is 3.91. The fraction of sp³-hybridized carbons (Fsp3) is 0.941. The van der Waals surface area contributed by atoms with Gasteiger partial charge in [0.2, 0.25) is 5.91 Å². The van der Waals surface area contributed by atoms with Crippen molar-refractivity contribution in [2.45, 2.75) is 64.8 Å². The van der Waals surface area contributed by atoms with Crippen LogP contribution in [0.25, 0.3) is 0 Å². The molecule has 2 rings (SSSR count). The molecule has 0 radical (unpaired) electrons. The van der Waals surface area contributed by atoms with Gasteiger partial charge >= 0.3 is 0 Å². The predicted octanol–water partition coefficient (Wildman–Crippen LogP) is 1.33. The van der Waals surface area contributed by atoms with E-state index in [1.54, 1.807) is 0 Å². The molecule has 22 heavy (non-hydrogen) atoms. The number of ether oxygens (including phenoxy) is 1. The largest absolute Gasteiger partial charge is 0.373 e. The van der Waals surface area contributed by atoms with E-state index in [4.69, 9.17) is 4.74 Å². The number of carbonyl (C=O) groups excluding carboxylic acids is 1. The number of likely N-dealkylation sites (N-methyl/N-ethyl adjacent to an activating group) is 1. The van der Waals surface area contributed by atoms with Crippen molar-refractivity contribution in [3.8, 4) is 0 Å². The van der Waals surface area contributed by atoms with Gasteiger partial charge in [-0.25, -0.2) is 0 Å². The third-order valence-electron chi connectivity index (χ3n) is 4.71. The first-order chi connectivity index (χ1) is 10.4. The summed E-state index contributed by atoms with van der Waals surface area (Å²) in [5.74, 6) is 0.496. The molecule has 4 unspecified atom stereocenters. The first-order valence-electron chi connectivity index (χ1n) is 8.75. The first kappa shape index (κ1) is 17.7. The van der Waals surface area contributed by atoms with Gasteiger partial charge in [-0.2, -0.15) is 0 Å². The highest BCUT2D eigenvalue weighted by Crippen LogP contribution is 2.19. The summed E-state index contributed by atoms with van der Waals surface area (Å²) in [6.45, 7) is 12.2. The average Bonchev–Trinajstić information content (AvgIpc) is 2.36. The molecule has 2 aliphatic rings. The summed E-state index contributed by atoms with van der Waals surface area (Å²) in [5.41, 5.74) is 0. The van der Waals surface area contributed by atoms with E-state index in [2.05, 4.69) is 49.9 Å². The van der Waals surface area contributed by atoms with Gasteiger partial charge < -0.3 is 15.0 Å². The van der Waals surface area contributed by atoms with E-state index in [-0.39, 0.29) is 24.2 Å². The van der Waals surface area contributed by atoms with Crippen molar-refractivity contribution in [2.24, 2.45) is 5.92 Å². The van der Waals surface area contributed by atoms with E-state index in [1.165, 1.54) is 6.42 Å². The molecule has 1 N–H and O–H groups in total. The average molecular weight is 311 g/mol. The second-order valence-corrected chi connectivity index (χ2v) is 7.51. The number of amides is 1. The molecule has 5 nitrogen and oxygen atoms in total. The number of rotatable bonds is 4. The quantitative estimate of drug-likeness (QED) is 0.851. The van der Waals surface area contributed by atoms with E-state index < -0.39 is 0 Å². The standard InChI is InChI=1S/C17H33N3O2/c1-12(2)16(20-9-13(3)22-14(4)10-20)17(21)18-15-7-6-8-19(5)11-15/h12-16H,6-11H2,1-5H3,(H,18,21). The summed E-state index contributed by atoms with van der Waals surface area (Å²) in [5, 5.41) is 3.29. The minimum atomic E-state index is -0.0546. The maximum Gasteiger partial charge on any atom is 0.237 e. The zero-order chi connectivity index (χ0) is 16.3. The lowest BCUT2D eigenvalue weighted by molar-refractivity contribution is -0.136. The molecule has 5 heteroatoms. The van der Waals surface area contributed by atoms with Gasteiger partial charge in [0.15, 0.2) is 0 Å². The van der Waals surface area contributed by atoms with Gasteiger partial charge in [0, 0.05) is 25.7 Å². The third kappa shape index (κ3) is 4.67. The SMILES string of the molecule is CC1CN(C(C(=O)NC2CCCN(C)C2)C(C)C)CC(C)O1. The molecule has 4 atom stereocenters. The van der Waals surface area contributed by atoms with Crippen LogP contribution in [-0.2, 0) is 9.53 Å². The zero-order valence-electron chi connectivity index (χ0n) is 14.8. The topological polar surface area (TPSA) is 44.8 Å². The van der Waals surface area contributed by atoms with Crippen LogP contribution >= 0.6 is 0 Å². The summed E-state index contributed by atoms with van der Waals surface area (Å²) >= 11 is 0. The molecule has 2 fully saturated rings. The van der Waals surface area contributed by atoms with E-state index in [0.717, 1.165) is 32.6 Å². The normalized spacial score (nSPS) is 32.9. The fourth-order valence-corrected chi connectivity index (χ4v) is 3.91. The Labute approximate surface area is 135 Å². The molecule has 0 aromatic heterocycles. The zero-order valence-corrected chi connectivity index (χ0v) is 14.8. The molecule has 1 amide bonds. The Morgan fingerprint density at radius 1 is 1.18 bits per heavy atom. The van der Waals surface area contributed by atoms with Crippen LogP contribution in [0.4, 0.5) is 0 Å². The highest BCUT2D eigenvalue weighted by atomic mass is 16.5. The summed E-state index contributed by atoms with van der Waals surface area (Å²) in [6, 6.07) is 0.240. The van der Waals surface area contributed by atoms with Gasteiger partial charge in [-0.15, -0.1) is 0 Å². The van der Waals surface area contributed by atoms with Crippen molar-refractivity contribution in [2.75, 3.05) is 33.2 Å². The summed E-state index contributed by atoms with van der Waals surface area (Å²) < 4.78 is 5.81. The molecule has 0 saturated carbocycles. The Kier molecular flexibility index (Phi) is 6.24. The van der Waals surface area contributed by atoms with Crippen LogP contribution in [0.15, 0.2) is 0 Å². The third-order valence-corrected chi connectivity index (χ3v) is 4.71. The molecule has 2 aliphatic heterocycles. The van der Waals surface area contributed by atoms with Crippen molar-refractivity contribution in [1.82, 2.24) is 15.1 Å². The molecular formula is C17H33N3O2. The van der Waals surface area contributed by atoms with Gasteiger partial charge in [-0.1, -0.05) is 13.8 Å². The molecule has 0 aliphatic carbocycles. The van der Waals surface area contributed by atoms with Gasteiger partial charge in [-0.05, 0) is 46.2 Å². The van der Waals surface area contributed by atoms with E-state index >= 15 is 0 Å². The summed E-state index contributed by atoms with van der Waals surface area (Å²) in [4.78, 5) is 17.5. The molecule has 0 aromatic rings. The minimum absolute atomic E-state index is 0.0546. The van der Waals surface area contributed by atoms with Crippen molar-refractivity contribution < 1.29 is 9.53 Å². The Morgan fingerprint density at radius 3 is 2.36 bits per heavy atom.